The number of rotatable bonds is 8. The third kappa shape index (κ3) is 5.62. The maximum atomic E-state index is 13.0. The van der Waals surface area contributed by atoms with E-state index < -0.39 is 10.0 Å². The molecule has 1 N–H and O–H groups in total. The van der Waals surface area contributed by atoms with Crippen LogP contribution in [0.15, 0.2) is 64.0 Å². The normalized spacial score (nSPS) is 14.8. The molecule has 4 rings (SSSR count). The summed E-state index contributed by atoms with van der Waals surface area (Å²) < 4.78 is 38.5. The number of nitrogens with zero attached hydrogens (tertiary/aromatic N) is 2. The lowest BCUT2D eigenvalue weighted by molar-refractivity contribution is -0.121. The first-order valence-electron chi connectivity index (χ1n) is 10.6. The first kappa shape index (κ1) is 23.4. The van der Waals surface area contributed by atoms with Gasteiger partial charge in [0, 0.05) is 38.0 Å². The van der Waals surface area contributed by atoms with Crippen LogP contribution in [0.1, 0.15) is 17.9 Å². The summed E-state index contributed by atoms with van der Waals surface area (Å²) in [6.45, 7) is 1.48. The van der Waals surface area contributed by atoms with Crippen molar-refractivity contribution in [2.45, 2.75) is 24.3 Å². The van der Waals surface area contributed by atoms with Crippen molar-refractivity contribution in [1.29, 1.82) is 0 Å². The standard InChI is InChI=1S/C23H24ClN3O5S/c24-19-7-3-2-6-18(19)20-16-26-23(32-20)10-9-22(28)25-15-17-5-1-4-8-21(17)33(29,30)27-11-13-31-14-12-27/h1-8,16H,9-15H2,(H,25,28). The van der Waals surface area contributed by atoms with E-state index in [9.17, 15) is 13.2 Å². The maximum Gasteiger partial charge on any atom is 0.243 e. The number of hydrogen-bond donors (Lipinski definition) is 1. The van der Waals surface area contributed by atoms with Gasteiger partial charge in [-0.15, -0.1) is 0 Å². The molecule has 2 heterocycles. The monoisotopic (exact) mass is 489 g/mol. The van der Waals surface area contributed by atoms with E-state index in [-0.39, 0.29) is 23.8 Å². The Labute approximate surface area is 197 Å². The number of halogens is 1. The molecule has 33 heavy (non-hydrogen) atoms. The smallest absolute Gasteiger partial charge is 0.243 e. The Balaban J connectivity index is 1.35. The number of hydrogen-bond acceptors (Lipinski definition) is 6. The van der Waals surface area contributed by atoms with Gasteiger partial charge >= 0.3 is 0 Å². The van der Waals surface area contributed by atoms with Crippen LogP contribution in [0.25, 0.3) is 11.3 Å². The van der Waals surface area contributed by atoms with E-state index in [1.54, 1.807) is 36.5 Å². The van der Waals surface area contributed by atoms with E-state index in [4.69, 9.17) is 20.8 Å². The minimum Gasteiger partial charge on any atom is -0.441 e. The average molecular weight is 490 g/mol. The van der Waals surface area contributed by atoms with Gasteiger partial charge in [-0.25, -0.2) is 13.4 Å². The Morgan fingerprint density at radius 2 is 1.82 bits per heavy atom. The number of morpholine rings is 1. The summed E-state index contributed by atoms with van der Waals surface area (Å²) in [5.74, 6) is 0.736. The molecule has 1 aliphatic heterocycles. The molecule has 10 heteroatoms. The van der Waals surface area contributed by atoms with Crippen LogP contribution < -0.4 is 5.32 Å². The summed E-state index contributed by atoms with van der Waals surface area (Å²) in [6.07, 6.45) is 2.05. The van der Waals surface area contributed by atoms with E-state index in [1.807, 2.05) is 18.2 Å². The molecule has 0 radical (unpaired) electrons. The molecule has 174 valence electrons. The van der Waals surface area contributed by atoms with Gasteiger partial charge in [0.05, 0.1) is 29.3 Å². The van der Waals surface area contributed by atoms with Crippen molar-refractivity contribution >= 4 is 27.5 Å². The molecule has 0 unspecified atom stereocenters. The topological polar surface area (TPSA) is 102 Å². The van der Waals surface area contributed by atoms with Crippen LogP contribution in [0, 0.1) is 0 Å². The van der Waals surface area contributed by atoms with Crippen LogP contribution in [-0.2, 0) is 32.5 Å². The number of sulfonamides is 1. The zero-order valence-corrected chi connectivity index (χ0v) is 19.4. The summed E-state index contributed by atoms with van der Waals surface area (Å²) in [4.78, 5) is 16.8. The van der Waals surface area contributed by atoms with E-state index in [2.05, 4.69) is 10.3 Å². The largest absolute Gasteiger partial charge is 0.441 e. The minimum absolute atomic E-state index is 0.106. The molecule has 1 aliphatic rings. The third-order valence-electron chi connectivity index (χ3n) is 5.30. The van der Waals surface area contributed by atoms with Gasteiger partial charge in [-0.1, -0.05) is 41.9 Å². The van der Waals surface area contributed by atoms with E-state index in [1.165, 1.54) is 4.31 Å². The van der Waals surface area contributed by atoms with Crippen molar-refractivity contribution in [2.75, 3.05) is 26.3 Å². The van der Waals surface area contributed by atoms with Gasteiger partial charge in [0.15, 0.2) is 11.7 Å². The lowest BCUT2D eigenvalue weighted by atomic mass is 10.2. The molecule has 0 saturated carbocycles. The fourth-order valence-corrected chi connectivity index (χ4v) is 5.40. The lowest BCUT2D eigenvalue weighted by Gasteiger charge is -2.27. The molecule has 0 spiro atoms. The molecule has 1 saturated heterocycles. The Morgan fingerprint density at radius 3 is 2.61 bits per heavy atom. The van der Waals surface area contributed by atoms with E-state index in [0.29, 0.717) is 55.0 Å². The van der Waals surface area contributed by atoms with Crippen LogP contribution in [0.2, 0.25) is 5.02 Å². The highest BCUT2D eigenvalue weighted by Crippen LogP contribution is 2.28. The van der Waals surface area contributed by atoms with Crippen molar-refractivity contribution in [3.8, 4) is 11.3 Å². The fourth-order valence-electron chi connectivity index (χ4n) is 3.54. The molecule has 0 aliphatic carbocycles. The Bertz CT molecular complexity index is 1220. The Kier molecular flexibility index (Phi) is 7.44. The molecule has 1 aromatic heterocycles. The molecular weight excluding hydrogens is 466 g/mol. The number of aryl methyl sites for hydroxylation is 1. The quantitative estimate of drug-likeness (QED) is 0.521. The van der Waals surface area contributed by atoms with Crippen LogP contribution in [0.3, 0.4) is 0 Å². The number of benzene rings is 2. The SMILES string of the molecule is O=C(CCc1ncc(-c2ccccc2Cl)o1)NCc1ccccc1S(=O)(=O)N1CCOCC1. The maximum absolute atomic E-state index is 13.0. The molecule has 1 amide bonds. The van der Waals surface area contributed by atoms with Crippen LogP contribution in [0.4, 0.5) is 0 Å². The predicted octanol–water partition coefficient (Wildman–Crippen LogP) is 3.26. The summed E-state index contributed by atoms with van der Waals surface area (Å²) >= 11 is 6.19. The highest BCUT2D eigenvalue weighted by Gasteiger charge is 2.28. The van der Waals surface area contributed by atoms with E-state index >= 15 is 0 Å². The summed E-state index contributed by atoms with van der Waals surface area (Å²) in [6, 6.07) is 14.0. The van der Waals surface area contributed by atoms with Crippen molar-refractivity contribution in [1.82, 2.24) is 14.6 Å². The second-order valence-corrected chi connectivity index (χ2v) is 9.81. The molecule has 0 bridgehead atoms. The zero-order valence-electron chi connectivity index (χ0n) is 17.9. The van der Waals surface area contributed by atoms with Crippen LogP contribution >= 0.6 is 11.6 Å². The first-order valence-corrected chi connectivity index (χ1v) is 12.4. The highest BCUT2D eigenvalue weighted by atomic mass is 35.5. The predicted molar refractivity (Wildman–Crippen MR) is 123 cm³/mol. The third-order valence-corrected chi connectivity index (χ3v) is 7.62. The number of carbonyl (C=O) groups is 1. The number of carbonyl (C=O) groups excluding carboxylic acids is 1. The summed E-state index contributed by atoms with van der Waals surface area (Å²) in [5.41, 5.74) is 1.27. The summed E-state index contributed by atoms with van der Waals surface area (Å²) in [5, 5.41) is 3.35. The number of aromatic nitrogens is 1. The van der Waals surface area contributed by atoms with Gasteiger partial charge in [0.2, 0.25) is 15.9 Å². The molecule has 2 aromatic carbocycles. The lowest BCUT2D eigenvalue weighted by Crippen LogP contribution is -2.41. The Morgan fingerprint density at radius 1 is 1.09 bits per heavy atom. The van der Waals surface area contributed by atoms with Crippen molar-refractivity contribution in [3.05, 3.63) is 71.2 Å². The molecule has 8 nitrogen and oxygen atoms in total. The van der Waals surface area contributed by atoms with E-state index in [0.717, 1.165) is 5.56 Å². The van der Waals surface area contributed by atoms with Crippen molar-refractivity contribution < 1.29 is 22.4 Å². The molecule has 3 aromatic rings. The van der Waals surface area contributed by atoms with Gasteiger partial charge in [0.25, 0.3) is 0 Å². The fraction of sp³-hybridized carbons (Fsp3) is 0.304. The van der Waals surface area contributed by atoms with Gasteiger partial charge in [-0.2, -0.15) is 4.31 Å². The van der Waals surface area contributed by atoms with Gasteiger partial charge < -0.3 is 14.5 Å². The highest BCUT2D eigenvalue weighted by molar-refractivity contribution is 7.89. The average Bonchev–Trinajstić information content (AvgIpc) is 3.31. The van der Waals surface area contributed by atoms with Crippen LogP contribution in [0.5, 0.6) is 0 Å². The van der Waals surface area contributed by atoms with Gasteiger partial charge in [-0.3, -0.25) is 4.79 Å². The molecule has 1 fully saturated rings. The summed E-state index contributed by atoms with van der Waals surface area (Å²) in [7, 11) is -3.66. The second kappa shape index (κ2) is 10.5. The second-order valence-electron chi connectivity index (χ2n) is 7.50. The molecular formula is C23H24ClN3O5S. The Hall–Kier alpha value is -2.72. The van der Waals surface area contributed by atoms with Gasteiger partial charge in [0.1, 0.15) is 0 Å². The number of amides is 1. The first-order chi connectivity index (χ1) is 15.9. The number of ether oxygens (including phenoxy) is 1. The van der Waals surface area contributed by atoms with Crippen molar-refractivity contribution in [2.24, 2.45) is 0 Å². The number of nitrogens with one attached hydrogen (secondary N) is 1. The number of oxazole rings is 1. The van der Waals surface area contributed by atoms with Crippen LogP contribution in [-0.4, -0.2) is 49.9 Å². The zero-order chi connectivity index (χ0) is 23.3. The van der Waals surface area contributed by atoms with Crippen molar-refractivity contribution in [3.63, 3.8) is 0 Å². The molecule has 0 atom stereocenters. The minimum atomic E-state index is -3.66. The van der Waals surface area contributed by atoms with Gasteiger partial charge in [-0.05, 0) is 23.8 Å².